The molecule has 0 unspecified atom stereocenters. The zero-order valence-electron chi connectivity index (χ0n) is 7.54. The maximum atomic E-state index is 3.51. The fraction of sp³-hybridized carbons (Fsp3) is 0.200. The lowest BCUT2D eigenvalue weighted by Gasteiger charge is -2.12. The number of hydrogen-bond donors (Lipinski definition) is 0. The number of hydrogen-bond acceptors (Lipinski definition) is 2. The molecule has 0 fully saturated rings. The zero-order chi connectivity index (χ0) is 9.42. The molecule has 0 saturated heterocycles. The molecular formula is C10H10BrNS. The minimum atomic E-state index is 1.19. The molecule has 1 heterocycles. The number of fused-ring (bicyclic) bond motifs is 1. The third-order valence-electron chi connectivity index (χ3n) is 1.99. The van der Waals surface area contributed by atoms with E-state index in [9.17, 15) is 0 Å². The molecule has 0 amide bonds. The van der Waals surface area contributed by atoms with E-state index >= 15 is 0 Å². The van der Waals surface area contributed by atoms with E-state index < -0.39 is 0 Å². The van der Waals surface area contributed by atoms with E-state index in [1.165, 1.54) is 19.6 Å². The minimum absolute atomic E-state index is 1.19. The second-order valence-electron chi connectivity index (χ2n) is 3.13. The molecule has 1 aromatic heterocycles. The van der Waals surface area contributed by atoms with Crippen molar-refractivity contribution in [2.45, 2.75) is 0 Å². The number of halogens is 1. The van der Waals surface area contributed by atoms with E-state index in [0.29, 0.717) is 0 Å². The first-order valence-corrected chi connectivity index (χ1v) is 5.65. The predicted octanol–water partition coefficient (Wildman–Crippen LogP) is 3.73. The van der Waals surface area contributed by atoms with Crippen LogP contribution in [0, 0.1) is 0 Å². The maximum absolute atomic E-state index is 3.51. The minimum Gasteiger partial charge on any atom is -0.377 e. The Kier molecular flexibility index (Phi) is 2.30. The van der Waals surface area contributed by atoms with Crippen LogP contribution in [0.25, 0.3) is 10.1 Å². The average Bonchev–Trinajstić information content (AvgIpc) is 2.43. The van der Waals surface area contributed by atoms with Crippen molar-refractivity contribution in [2.75, 3.05) is 19.0 Å². The summed E-state index contributed by atoms with van der Waals surface area (Å²) in [5.41, 5.74) is 1.28. The monoisotopic (exact) mass is 255 g/mol. The van der Waals surface area contributed by atoms with Gasteiger partial charge in [0.1, 0.15) is 0 Å². The molecule has 13 heavy (non-hydrogen) atoms. The molecule has 0 radical (unpaired) electrons. The van der Waals surface area contributed by atoms with Crippen LogP contribution in [0.1, 0.15) is 0 Å². The van der Waals surface area contributed by atoms with Crippen molar-refractivity contribution in [3.63, 3.8) is 0 Å². The molecule has 2 aromatic rings. The summed E-state index contributed by atoms with van der Waals surface area (Å²) in [7, 11) is 4.14. The van der Waals surface area contributed by atoms with Crippen LogP contribution in [-0.2, 0) is 0 Å². The highest BCUT2D eigenvalue weighted by Gasteiger charge is 2.05. The summed E-state index contributed by atoms with van der Waals surface area (Å²) >= 11 is 5.28. The molecular weight excluding hydrogens is 246 g/mol. The highest BCUT2D eigenvalue weighted by atomic mass is 79.9. The molecule has 0 spiro atoms. The zero-order valence-corrected chi connectivity index (χ0v) is 9.95. The summed E-state index contributed by atoms with van der Waals surface area (Å²) in [4.78, 5) is 2.14. The second-order valence-corrected chi connectivity index (χ2v) is 5.60. The first kappa shape index (κ1) is 9.03. The Balaban J connectivity index is 2.75. The van der Waals surface area contributed by atoms with Crippen LogP contribution in [0.3, 0.4) is 0 Å². The number of thiophene rings is 1. The largest absolute Gasteiger partial charge is 0.377 e. The Morgan fingerprint density at radius 2 is 2.08 bits per heavy atom. The third-order valence-corrected chi connectivity index (χ3v) is 3.59. The van der Waals surface area contributed by atoms with Gasteiger partial charge in [-0.1, -0.05) is 6.07 Å². The van der Waals surface area contributed by atoms with Crippen molar-refractivity contribution in [1.82, 2.24) is 0 Å². The van der Waals surface area contributed by atoms with Crippen molar-refractivity contribution < 1.29 is 0 Å². The van der Waals surface area contributed by atoms with Crippen LogP contribution in [0.2, 0.25) is 0 Å². The number of anilines is 1. The molecule has 0 N–H and O–H groups in total. The summed E-state index contributed by atoms with van der Waals surface area (Å²) in [6.45, 7) is 0. The van der Waals surface area contributed by atoms with Crippen LogP contribution in [0.15, 0.2) is 28.1 Å². The Hall–Kier alpha value is -0.540. The van der Waals surface area contributed by atoms with Crippen LogP contribution >= 0.6 is 27.3 Å². The van der Waals surface area contributed by atoms with Crippen molar-refractivity contribution in [2.24, 2.45) is 0 Å². The summed E-state index contributed by atoms with van der Waals surface area (Å²) in [6.07, 6.45) is 0. The van der Waals surface area contributed by atoms with E-state index in [-0.39, 0.29) is 0 Å². The Morgan fingerprint density at radius 3 is 2.77 bits per heavy atom. The van der Waals surface area contributed by atoms with Gasteiger partial charge in [0, 0.05) is 29.9 Å². The van der Waals surface area contributed by atoms with Gasteiger partial charge in [0.25, 0.3) is 0 Å². The fourth-order valence-electron chi connectivity index (χ4n) is 1.40. The summed E-state index contributed by atoms with van der Waals surface area (Å²) < 4.78 is 2.52. The molecule has 0 bridgehead atoms. The van der Waals surface area contributed by atoms with Crippen molar-refractivity contribution in [1.29, 1.82) is 0 Å². The molecule has 1 nitrogen and oxygen atoms in total. The van der Waals surface area contributed by atoms with Gasteiger partial charge in [-0.3, -0.25) is 0 Å². The standard InChI is InChI=1S/C10H10BrNS/c1-12(2)8-4-3-5-9-7(8)6-10(11)13-9/h3-6H,1-2H3. The van der Waals surface area contributed by atoms with E-state index in [1.807, 2.05) is 0 Å². The highest BCUT2D eigenvalue weighted by molar-refractivity contribution is 9.11. The molecule has 68 valence electrons. The molecule has 0 saturated carbocycles. The highest BCUT2D eigenvalue weighted by Crippen LogP contribution is 2.34. The Morgan fingerprint density at radius 1 is 1.31 bits per heavy atom. The van der Waals surface area contributed by atoms with Gasteiger partial charge >= 0.3 is 0 Å². The van der Waals surface area contributed by atoms with Crippen LogP contribution in [0.5, 0.6) is 0 Å². The SMILES string of the molecule is CN(C)c1cccc2sc(Br)cc12. The summed E-state index contributed by atoms with van der Waals surface area (Å²) in [5, 5.41) is 1.32. The van der Waals surface area contributed by atoms with Gasteiger partial charge in [0.2, 0.25) is 0 Å². The van der Waals surface area contributed by atoms with Gasteiger partial charge in [0.15, 0.2) is 0 Å². The topological polar surface area (TPSA) is 3.24 Å². The lowest BCUT2D eigenvalue weighted by molar-refractivity contribution is 1.14. The van der Waals surface area contributed by atoms with Gasteiger partial charge in [0.05, 0.1) is 3.79 Å². The Labute approximate surface area is 90.1 Å². The average molecular weight is 256 g/mol. The lowest BCUT2D eigenvalue weighted by atomic mass is 10.2. The normalized spacial score (nSPS) is 10.7. The quantitative estimate of drug-likeness (QED) is 0.751. The van der Waals surface area contributed by atoms with Gasteiger partial charge in [-0.25, -0.2) is 0 Å². The molecule has 0 aliphatic heterocycles. The summed E-state index contributed by atoms with van der Waals surface area (Å²) in [6, 6.07) is 8.56. The molecule has 0 aliphatic rings. The van der Waals surface area contributed by atoms with Crippen LogP contribution < -0.4 is 4.90 Å². The van der Waals surface area contributed by atoms with E-state index in [0.717, 1.165) is 0 Å². The molecule has 1 aromatic carbocycles. The van der Waals surface area contributed by atoms with Gasteiger partial charge in [-0.2, -0.15) is 0 Å². The first-order chi connectivity index (χ1) is 6.18. The lowest BCUT2D eigenvalue weighted by Crippen LogP contribution is -2.08. The predicted molar refractivity (Wildman–Crippen MR) is 63.9 cm³/mol. The van der Waals surface area contributed by atoms with E-state index in [4.69, 9.17) is 0 Å². The molecule has 2 rings (SSSR count). The van der Waals surface area contributed by atoms with Gasteiger partial charge in [-0.05, 0) is 34.1 Å². The van der Waals surface area contributed by atoms with Gasteiger partial charge < -0.3 is 4.90 Å². The third kappa shape index (κ3) is 1.58. The molecule has 3 heteroatoms. The smallest absolute Gasteiger partial charge is 0.0711 e. The number of rotatable bonds is 1. The van der Waals surface area contributed by atoms with Crippen LogP contribution in [0.4, 0.5) is 5.69 Å². The van der Waals surface area contributed by atoms with E-state index in [1.54, 1.807) is 11.3 Å². The first-order valence-electron chi connectivity index (χ1n) is 4.04. The van der Waals surface area contributed by atoms with Crippen LogP contribution in [-0.4, -0.2) is 14.1 Å². The maximum Gasteiger partial charge on any atom is 0.0711 e. The van der Waals surface area contributed by atoms with Crippen molar-refractivity contribution >= 4 is 43.0 Å². The molecule has 0 atom stereocenters. The Bertz CT molecular complexity index is 433. The molecule has 0 aliphatic carbocycles. The fourth-order valence-corrected chi connectivity index (χ4v) is 2.96. The number of benzene rings is 1. The second kappa shape index (κ2) is 3.31. The summed E-state index contributed by atoms with van der Waals surface area (Å²) in [5.74, 6) is 0. The number of nitrogens with zero attached hydrogens (tertiary/aromatic N) is 1. The van der Waals surface area contributed by atoms with Crippen molar-refractivity contribution in [3.8, 4) is 0 Å². The van der Waals surface area contributed by atoms with E-state index in [2.05, 4.69) is 59.2 Å². The van der Waals surface area contributed by atoms with Crippen molar-refractivity contribution in [3.05, 3.63) is 28.1 Å². The van der Waals surface area contributed by atoms with Gasteiger partial charge in [-0.15, -0.1) is 11.3 Å².